The molecule has 10 nitrogen and oxygen atoms in total. The van der Waals surface area contributed by atoms with Gasteiger partial charge in [0.2, 0.25) is 5.95 Å². The molecule has 10 heteroatoms. The topological polar surface area (TPSA) is 129 Å². The monoisotopic (exact) mass is 383 g/mol. The Hall–Kier alpha value is -3.40. The number of imidazole rings is 1. The minimum atomic E-state index is -0.900. The third kappa shape index (κ3) is 3.07. The summed E-state index contributed by atoms with van der Waals surface area (Å²) in [6, 6.07) is 6.44. The van der Waals surface area contributed by atoms with Gasteiger partial charge in [-0.2, -0.15) is 4.98 Å². The minimum absolute atomic E-state index is 0.230. The molecule has 1 aliphatic rings. The number of amides is 1. The van der Waals surface area contributed by atoms with Crippen LogP contribution in [0.25, 0.3) is 16.9 Å². The highest BCUT2D eigenvalue weighted by Gasteiger charge is 2.22. The number of methoxy groups -OCH3 is 1. The number of primary amides is 1. The maximum Gasteiger partial charge on any atom is 0.343 e. The average molecular weight is 383 g/mol. The molecule has 4 rings (SSSR count). The van der Waals surface area contributed by atoms with Crippen molar-refractivity contribution in [1.82, 2.24) is 24.4 Å². The van der Waals surface area contributed by atoms with E-state index in [9.17, 15) is 9.59 Å². The van der Waals surface area contributed by atoms with E-state index in [1.807, 2.05) is 0 Å². The Morgan fingerprint density at radius 3 is 2.96 bits per heavy atom. The van der Waals surface area contributed by atoms with Gasteiger partial charge in [0.1, 0.15) is 11.3 Å². The molecule has 0 unspecified atom stereocenters. The van der Waals surface area contributed by atoms with Crippen LogP contribution in [0.2, 0.25) is 0 Å². The van der Waals surface area contributed by atoms with Crippen LogP contribution in [0.4, 0.5) is 10.7 Å². The van der Waals surface area contributed by atoms with Crippen LogP contribution in [-0.2, 0) is 0 Å². The fourth-order valence-electron chi connectivity index (χ4n) is 3.46. The zero-order valence-electron chi connectivity index (χ0n) is 15.4. The molecule has 3 heterocycles. The summed E-state index contributed by atoms with van der Waals surface area (Å²) in [6.07, 6.45) is 3.64. The van der Waals surface area contributed by atoms with Gasteiger partial charge < -0.3 is 21.1 Å². The van der Waals surface area contributed by atoms with Crippen LogP contribution < -0.4 is 26.8 Å². The van der Waals surface area contributed by atoms with Gasteiger partial charge in [-0.1, -0.05) is 12.1 Å². The first-order chi connectivity index (χ1) is 13.6. The van der Waals surface area contributed by atoms with E-state index in [0.717, 1.165) is 24.0 Å². The molecule has 28 heavy (non-hydrogen) atoms. The van der Waals surface area contributed by atoms with Gasteiger partial charge in [0.15, 0.2) is 5.65 Å². The van der Waals surface area contributed by atoms with Crippen LogP contribution in [0.3, 0.4) is 0 Å². The second-order valence-electron chi connectivity index (χ2n) is 6.54. The fourth-order valence-corrected chi connectivity index (χ4v) is 3.46. The molecule has 0 spiro atoms. The molecule has 0 aliphatic carbocycles. The molecule has 1 saturated heterocycles. The van der Waals surface area contributed by atoms with E-state index in [4.69, 9.17) is 10.5 Å². The number of fused-ring (bicyclic) bond motifs is 1. The van der Waals surface area contributed by atoms with Gasteiger partial charge in [-0.3, -0.25) is 0 Å². The van der Waals surface area contributed by atoms with Gasteiger partial charge in [0, 0.05) is 12.6 Å². The Labute approximate surface area is 160 Å². The predicted octanol–water partition coefficient (Wildman–Crippen LogP) is 0.681. The van der Waals surface area contributed by atoms with Crippen molar-refractivity contribution in [2.45, 2.75) is 18.9 Å². The number of hydrogen-bond donors (Lipinski definition) is 3. The summed E-state index contributed by atoms with van der Waals surface area (Å²) in [5, 5.41) is 6.58. The molecule has 4 N–H and O–H groups in total. The van der Waals surface area contributed by atoms with Crippen LogP contribution in [0.15, 0.2) is 35.3 Å². The molecule has 1 aliphatic heterocycles. The Bertz CT molecular complexity index is 1080. The number of carbonyl (C=O) groups excluding carboxylic acids is 1. The van der Waals surface area contributed by atoms with Gasteiger partial charge in [-0.05, 0) is 31.5 Å². The van der Waals surface area contributed by atoms with Crippen LogP contribution >= 0.6 is 0 Å². The van der Waals surface area contributed by atoms with Crippen LogP contribution in [0.1, 0.15) is 12.8 Å². The van der Waals surface area contributed by atoms with Crippen LogP contribution in [-0.4, -0.2) is 51.4 Å². The summed E-state index contributed by atoms with van der Waals surface area (Å²) in [4.78, 5) is 33.5. The van der Waals surface area contributed by atoms with Crippen molar-refractivity contribution in [3.8, 4) is 11.4 Å². The normalized spacial score (nSPS) is 16.4. The Kier molecular flexibility index (Phi) is 4.70. The molecular weight excluding hydrogens is 362 g/mol. The van der Waals surface area contributed by atoms with E-state index < -0.39 is 11.7 Å². The molecular formula is C18H21N7O3. The molecule has 3 aromatic rings. The summed E-state index contributed by atoms with van der Waals surface area (Å²) in [6.45, 7) is 1.67. The van der Waals surface area contributed by atoms with Gasteiger partial charge in [-0.25, -0.2) is 23.7 Å². The molecule has 2 aromatic heterocycles. The third-order valence-electron chi connectivity index (χ3n) is 4.80. The second kappa shape index (κ2) is 7.31. The second-order valence-corrected chi connectivity index (χ2v) is 6.54. The van der Waals surface area contributed by atoms with E-state index in [2.05, 4.69) is 20.6 Å². The lowest BCUT2D eigenvalue weighted by molar-refractivity contribution is 0.250. The van der Waals surface area contributed by atoms with E-state index in [0.29, 0.717) is 30.0 Å². The first kappa shape index (κ1) is 18.0. The van der Waals surface area contributed by atoms with Crippen molar-refractivity contribution in [3.05, 3.63) is 40.9 Å². The smallest absolute Gasteiger partial charge is 0.343 e. The van der Waals surface area contributed by atoms with Gasteiger partial charge >= 0.3 is 11.7 Å². The van der Waals surface area contributed by atoms with Crippen molar-refractivity contribution >= 4 is 23.1 Å². The molecule has 0 radical (unpaired) electrons. The lowest BCUT2D eigenvalue weighted by atomic mass is 10.2. The zero-order chi connectivity index (χ0) is 19.7. The summed E-state index contributed by atoms with van der Waals surface area (Å²) in [7, 11) is 1.51. The first-order valence-electron chi connectivity index (χ1n) is 9.01. The molecule has 1 fully saturated rings. The number of nitrogens with two attached hydrogens (primary N) is 1. The lowest BCUT2D eigenvalue weighted by Crippen LogP contribution is -2.32. The number of para-hydroxylation sites is 2. The summed E-state index contributed by atoms with van der Waals surface area (Å²) in [5.74, 6) is 0.836. The molecule has 1 atom stereocenters. The molecule has 0 bridgehead atoms. The van der Waals surface area contributed by atoms with E-state index in [-0.39, 0.29) is 11.2 Å². The van der Waals surface area contributed by atoms with Crippen molar-refractivity contribution in [1.29, 1.82) is 0 Å². The number of hydrogen-bond acceptors (Lipinski definition) is 7. The highest BCUT2D eigenvalue weighted by molar-refractivity contribution is 5.88. The van der Waals surface area contributed by atoms with E-state index in [1.54, 1.807) is 24.3 Å². The first-order valence-corrected chi connectivity index (χ1v) is 9.01. The summed E-state index contributed by atoms with van der Waals surface area (Å²) < 4.78 is 7.52. The highest BCUT2D eigenvalue weighted by Crippen LogP contribution is 2.24. The third-order valence-corrected chi connectivity index (χ3v) is 4.80. The number of nitrogens with zero attached hydrogens (tertiary/aromatic N) is 4. The van der Waals surface area contributed by atoms with Crippen molar-refractivity contribution < 1.29 is 9.53 Å². The van der Waals surface area contributed by atoms with E-state index >= 15 is 0 Å². The fraction of sp³-hybridized carbons (Fsp3) is 0.333. The minimum Gasteiger partial charge on any atom is -0.495 e. The number of nitrogens with one attached hydrogen (secondary N) is 2. The van der Waals surface area contributed by atoms with Crippen molar-refractivity contribution in [2.24, 2.45) is 5.73 Å². The zero-order valence-corrected chi connectivity index (χ0v) is 15.4. The molecule has 1 amide bonds. The number of benzene rings is 1. The highest BCUT2D eigenvalue weighted by atomic mass is 16.5. The quantitative estimate of drug-likeness (QED) is 0.591. The van der Waals surface area contributed by atoms with Gasteiger partial charge in [0.25, 0.3) is 0 Å². The Morgan fingerprint density at radius 1 is 1.43 bits per heavy atom. The number of carbonyl (C=O) groups is 1. The van der Waals surface area contributed by atoms with Crippen LogP contribution in [0, 0.1) is 0 Å². The maximum atomic E-state index is 12.9. The van der Waals surface area contributed by atoms with Gasteiger partial charge in [-0.15, -0.1) is 0 Å². The van der Waals surface area contributed by atoms with Crippen LogP contribution in [0.5, 0.6) is 5.75 Å². The lowest BCUT2D eigenvalue weighted by Gasteiger charge is -2.12. The largest absolute Gasteiger partial charge is 0.495 e. The van der Waals surface area contributed by atoms with Crippen molar-refractivity contribution in [2.75, 3.05) is 25.5 Å². The standard InChI is InChI=1S/C18H21N7O3/c1-28-14-7-3-2-6-12(14)24-15-13(25(16(19)26)18(24)27)10-22-17(23-15)21-9-11-5-4-8-20-11/h2-3,6-7,10-11,20H,4-5,8-9H2,1H3,(H2,19,26)(H,21,22,23)/t11-/m0/s1. The molecule has 0 saturated carbocycles. The molecule has 146 valence electrons. The number of aromatic nitrogens is 4. The van der Waals surface area contributed by atoms with Crippen molar-refractivity contribution in [3.63, 3.8) is 0 Å². The maximum absolute atomic E-state index is 12.9. The molecule has 1 aromatic carbocycles. The average Bonchev–Trinajstić information content (AvgIpc) is 3.31. The SMILES string of the molecule is COc1ccccc1-n1c(=O)n(C(N)=O)c2cnc(NC[C@@H]3CCCN3)nc21. The summed E-state index contributed by atoms with van der Waals surface area (Å²) in [5.41, 5.74) is 5.75. The summed E-state index contributed by atoms with van der Waals surface area (Å²) >= 11 is 0. The number of rotatable bonds is 5. The van der Waals surface area contributed by atoms with E-state index in [1.165, 1.54) is 17.9 Å². The Morgan fingerprint density at radius 2 is 2.25 bits per heavy atom. The predicted molar refractivity (Wildman–Crippen MR) is 104 cm³/mol. The number of anilines is 1. The van der Waals surface area contributed by atoms with Gasteiger partial charge in [0.05, 0.1) is 19.0 Å². The number of ether oxygens (including phenoxy) is 1. The Balaban J connectivity index is 1.84.